The number of ether oxygens (including phenoxy) is 1. The molecule has 0 aliphatic heterocycles. The molecule has 0 radical (unpaired) electrons. The summed E-state index contributed by atoms with van der Waals surface area (Å²) in [5, 5.41) is 0. The highest BCUT2D eigenvalue weighted by molar-refractivity contribution is 5.79. The maximum Gasteiger partial charge on any atom is 0.334 e. The number of nitrogens with zero attached hydrogens (tertiary/aromatic N) is 1. The molecule has 0 spiro atoms. The van der Waals surface area contributed by atoms with Crippen molar-refractivity contribution in [2.45, 2.75) is 18.4 Å². The molecule has 108 valence electrons. The van der Waals surface area contributed by atoms with Crippen molar-refractivity contribution in [1.82, 2.24) is 14.5 Å². The summed E-state index contributed by atoms with van der Waals surface area (Å²) >= 11 is 0. The molecule has 0 unspecified atom stereocenters. The number of aromatic nitrogens is 3. The summed E-state index contributed by atoms with van der Waals surface area (Å²) in [6.07, 6.45) is 2.66. The molecular weight excluding hydrogens is 266 g/mol. The fraction of sp³-hybridized carbons (Fsp3) is 0.333. The number of carbonyl (C=O) groups is 1. The van der Waals surface area contributed by atoms with Gasteiger partial charge in [-0.15, -0.1) is 13.2 Å². The standard InChI is InChI=1S/C12H15N3O5/c1-4-6-12(7-5-2,8(16)20-3)15-10(18)13-9(17)14-11(15)19/h4-5H,1-2,6-7H2,3H3,(H2,13,14,17,18,19). The monoisotopic (exact) mass is 281 g/mol. The number of allylic oxidation sites excluding steroid dienone is 2. The van der Waals surface area contributed by atoms with Crippen LogP contribution >= 0.6 is 0 Å². The third-order valence-corrected chi connectivity index (χ3v) is 2.80. The summed E-state index contributed by atoms with van der Waals surface area (Å²) < 4.78 is 5.29. The van der Waals surface area contributed by atoms with Gasteiger partial charge in [0.05, 0.1) is 7.11 Å². The quantitative estimate of drug-likeness (QED) is 0.526. The molecule has 8 heteroatoms. The number of rotatable bonds is 6. The van der Waals surface area contributed by atoms with Crippen LogP contribution in [0.1, 0.15) is 12.8 Å². The lowest BCUT2D eigenvalue weighted by atomic mass is 9.90. The number of nitrogens with one attached hydrogen (secondary N) is 2. The summed E-state index contributed by atoms with van der Waals surface area (Å²) in [6.45, 7) is 7.01. The maximum absolute atomic E-state index is 12.1. The average Bonchev–Trinajstić information content (AvgIpc) is 2.36. The highest BCUT2D eigenvalue weighted by atomic mass is 16.5. The fourth-order valence-corrected chi connectivity index (χ4v) is 2.01. The highest BCUT2D eigenvalue weighted by Gasteiger charge is 2.42. The molecule has 0 bridgehead atoms. The third-order valence-electron chi connectivity index (χ3n) is 2.80. The molecule has 1 heterocycles. The van der Waals surface area contributed by atoms with Gasteiger partial charge in [0.2, 0.25) is 0 Å². The van der Waals surface area contributed by atoms with E-state index in [1.165, 1.54) is 12.2 Å². The molecule has 0 amide bonds. The Hall–Kier alpha value is -2.64. The van der Waals surface area contributed by atoms with Crippen molar-refractivity contribution in [3.05, 3.63) is 56.8 Å². The van der Waals surface area contributed by atoms with Gasteiger partial charge in [-0.05, 0) is 0 Å². The summed E-state index contributed by atoms with van der Waals surface area (Å²) in [7, 11) is 1.13. The normalized spacial score (nSPS) is 10.8. The molecule has 0 saturated carbocycles. The van der Waals surface area contributed by atoms with Crippen LogP contribution < -0.4 is 17.1 Å². The van der Waals surface area contributed by atoms with Crippen molar-refractivity contribution >= 4 is 5.97 Å². The summed E-state index contributed by atoms with van der Waals surface area (Å²) in [4.78, 5) is 50.7. The molecule has 0 saturated heterocycles. The van der Waals surface area contributed by atoms with E-state index in [0.29, 0.717) is 4.57 Å². The van der Waals surface area contributed by atoms with E-state index in [1.54, 1.807) is 0 Å². The Balaban J connectivity index is 3.77. The molecule has 0 aromatic carbocycles. The summed E-state index contributed by atoms with van der Waals surface area (Å²) in [6, 6.07) is 0. The predicted octanol–water partition coefficient (Wildman–Crippen LogP) is -0.755. The van der Waals surface area contributed by atoms with E-state index < -0.39 is 28.6 Å². The molecular formula is C12H15N3O5. The first-order valence-corrected chi connectivity index (χ1v) is 5.69. The molecule has 0 fully saturated rings. The summed E-state index contributed by atoms with van der Waals surface area (Å²) in [5.74, 6) is -0.808. The Morgan fingerprint density at radius 1 is 1.20 bits per heavy atom. The minimum Gasteiger partial charge on any atom is -0.467 e. The Labute approximate surface area is 113 Å². The Morgan fingerprint density at radius 2 is 1.65 bits per heavy atom. The first-order chi connectivity index (χ1) is 9.42. The SMILES string of the molecule is C=CCC(CC=C)(C(=O)OC)n1c(=O)[nH]c(=O)[nH]c1=O. The van der Waals surface area contributed by atoms with Crippen LogP contribution in [-0.2, 0) is 15.1 Å². The minimum absolute atomic E-state index is 0.0409. The van der Waals surface area contributed by atoms with Gasteiger partial charge in [-0.25, -0.2) is 23.7 Å². The Bertz CT molecular complexity index is 650. The van der Waals surface area contributed by atoms with Crippen molar-refractivity contribution in [2.75, 3.05) is 7.11 Å². The van der Waals surface area contributed by atoms with E-state index >= 15 is 0 Å². The van der Waals surface area contributed by atoms with Crippen LogP contribution in [0.2, 0.25) is 0 Å². The molecule has 1 aromatic rings. The van der Waals surface area contributed by atoms with E-state index in [-0.39, 0.29) is 12.8 Å². The zero-order chi connectivity index (χ0) is 15.3. The fourth-order valence-electron chi connectivity index (χ4n) is 2.01. The van der Waals surface area contributed by atoms with Crippen molar-refractivity contribution in [3.8, 4) is 0 Å². The molecule has 0 aliphatic rings. The molecule has 20 heavy (non-hydrogen) atoms. The van der Waals surface area contributed by atoms with Crippen molar-refractivity contribution in [1.29, 1.82) is 0 Å². The smallest absolute Gasteiger partial charge is 0.334 e. The van der Waals surface area contributed by atoms with Crippen LogP contribution in [0.15, 0.2) is 39.7 Å². The van der Waals surface area contributed by atoms with Crippen LogP contribution in [0.3, 0.4) is 0 Å². The van der Waals surface area contributed by atoms with Crippen LogP contribution in [0.5, 0.6) is 0 Å². The second kappa shape index (κ2) is 6.00. The average molecular weight is 281 g/mol. The number of esters is 1. The van der Waals surface area contributed by atoms with Gasteiger partial charge in [0.15, 0.2) is 5.54 Å². The van der Waals surface area contributed by atoms with Gasteiger partial charge in [-0.1, -0.05) is 12.2 Å². The number of carbonyl (C=O) groups excluding carboxylic acids is 1. The van der Waals surface area contributed by atoms with Gasteiger partial charge < -0.3 is 4.74 Å². The van der Waals surface area contributed by atoms with E-state index in [1.807, 2.05) is 9.97 Å². The second-order valence-corrected chi connectivity index (χ2v) is 4.03. The lowest BCUT2D eigenvalue weighted by molar-refractivity contribution is -0.151. The molecule has 8 nitrogen and oxygen atoms in total. The number of H-pyrrole nitrogens is 2. The van der Waals surface area contributed by atoms with Gasteiger partial charge in [-0.2, -0.15) is 0 Å². The Morgan fingerprint density at radius 3 is 2.00 bits per heavy atom. The van der Waals surface area contributed by atoms with Gasteiger partial charge in [0, 0.05) is 12.8 Å². The highest BCUT2D eigenvalue weighted by Crippen LogP contribution is 2.25. The van der Waals surface area contributed by atoms with Crippen LogP contribution in [-0.4, -0.2) is 27.6 Å². The number of hydrogen-bond acceptors (Lipinski definition) is 5. The summed E-state index contributed by atoms with van der Waals surface area (Å²) in [5.41, 5.74) is -4.60. The molecule has 1 rings (SSSR count). The second-order valence-electron chi connectivity index (χ2n) is 4.03. The van der Waals surface area contributed by atoms with Crippen LogP contribution in [0.25, 0.3) is 0 Å². The lowest BCUT2D eigenvalue weighted by Crippen LogP contribution is -2.57. The molecule has 0 atom stereocenters. The lowest BCUT2D eigenvalue weighted by Gasteiger charge is -2.29. The topological polar surface area (TPSA) is 114 Å². The van der Waals surface area contributed by atoms with Crippen LogP contribution in [0, 0.1) is 0 Å². The third kappa shape index (κ3) is 2.53. The number of hydrogen-bond donors (Lipinski definition) is 2. The minimum atomic E-state index is -1.63. The van der Waals surface area contributed by atoms with Gasteiger partial charge in [0.25, 0.3) is 0 Å². The van der Waals surface area contributed by atoms with E-state index in [2.05, 4.69) is 17.9 Å². The van der Waals surface area contributed by atoms with E-state index in [9.17, 15) is 19.2 Å². The van der Waals surface area contributed by atoms with Gasteiger partial charge in [-0.3, -0.25) is 9.97 Å². The molecule has 1 aromatic heterocycles. The Kier molecular flexibility index (Phi) is 4.63. The van der Waals surface area contributed by atoms with Crippen molar-refractivity contribution < 1.29 is 9.53 Å². The molecule has 2 N–H and O–H groups in total. The van der Waals surface area contributed by atoms with Gasteiger partial charge >= 0.3 is 23.0 Å². The number of methoxy groups -OCH3 is 1. The van der Waals surface area contributed by atoms with Crippen molar-refractivity contribution in [2.24, 2.45) is 0 Å². The predicted molar refractivity (Wildman–Crippen MR) is 71.6 cm³/mol. The first kappa shape index (κ1) is 15.4. The van der Waals surface area contributed by atoms with Crippen LogP contribution in [0.4, 0.5) is 0 Å². The zero-order valence-electron chi connectivity index (χ0n) is 11.0. The zero-order valence-corrected chi connectivity index (χ0v) is 11.0. The van der Waals surface area contributed by atoms with Crippen molar-refractivity contribution in [3.63, 3.8) is 0 Å². The van der Waals surface area contributed by atoms with E-state index in [0.717, 1.165) is 7.11 Å². The molecule has 0 aliphatic carbocycles. The number of aromatic amines is 2. The largest absolute Gasteiger partial charge is 0.467 e. The van der Waals surface area contributed by atoms with E-state index in [4.69, 9.17) is 0 Å². The first-order valence-electron chi connectivity index (χ1n) is 5.69. The van der Waals surface area contributed by atoms with Gasteiger partial charge in [0.1, 0.15) is 0 Å². The maximum atomic E-state index is 12.1.